The molecular weight excluding hydrogens is 267 g/mol. The molecule has 1 amide bonds. The van der Waals surface area contributed by atoms with Crippen LogP contribution in [0.2, 0.25) is 0 Å². The van der Waals surface area contributed by atoms with Gasteiger partial charge in [0.05, 0.1) is 6.42 Å². The van der Waals surface area contributed by atoms with Gasteiger partial charge in [-0.2, -0.15) is 13.2 Å². The summed E-state index contributed by atoms with van der Waals surface area (Å²) in [6.07, 6.45) is -5.71. The number of nitrogens with one attached hydrogen (secondary N) is 1. The summed E-state index contributed by atoms with van der Waals surface area (Å²) < 4.78 is 41.4. The highest BCUT2D eigenvalue weighted by molar-refractivity contribution is 5.86. The van der Waals surface area contributed by atoms with E-state index in [1.54, 1.807) is 0 Å². The van der Waals surface area contributed by atoms with Crippen LogP contribution in [0.25, 0.3) is 0 Å². The summed E-state index contributed by atoms with van der Waals surface area (Å²) in [6, 6.07) is -2.00. The molecule has 2 N–H and O–H groups in total. The highest BCUT2D eigenvalue weighted by Gasteiger charge is 2.36. The maximum atomic E-state index is 12.1. The number of carboxylic acid groups (broad SMARTS) is 1. The molecule has 19 heavy (non-hydrogen) atoms. The van der Waals surface area contributed by atoms with E-state index in [0.717, 1.165) is 6.42 Å². The lowest BCUT2D eigenvalue weighted by Crippen LogP contribution is -2.47. The average molecular weight is 285 g/mol. The number of ether oxygens (including phenoxy) is 1. The average Bonchev–Trinajstić information content (AvgIpc) is 2.26. The molecule has 0 aromatic carbocycles. The van der Waals surface area contributed by atoms with Crippen molar-refractivity contribution in [2.45, 2.75) is 51.4 Å². The monoisotopic (exact) mass is 285 g/mol. The summed E-state index contributed by atoms with van der Waals surface area (Å²) in [5.41, 5.74) is 0. The summed E-state index contributed by atoms with van der Waals surface area (Å²) in [4.78, 5) is 22.1. The van der Waals surface area contributed by atoms with E-state index in [1.807, 2.05) is 12.2 Å². The van der Waals surface area contributed by atoms with Gasteiger partial charge in [0, 0.05) is 6.61 Å². The quantitative estimate of drug-likeness (QED) is 0.666. The number of carboxylic acids is 1. The molecule has 0 aliphatic heterocycles. The molecule has 0 aliphatic rings. The Hall–Kier alpha value is -1.31. The second kappa shape index (κ2) is 7.98. The Morgan fingerprint density at radius 1 is 1.37 bits per heavy atom. The minimum Gasteiger partial charge on any atom is -0.480 e. The van der Waals surface area contributed by atoms with E-state index in [4.69, 9.17) is 9.84 Å². The van der Waals surface area contributed by atoms with Crippen LogP contribution in [0, 0.1) is 0 Å². The van der Waals surface area contributed by atoms with Crippen LogP contribution in [0.3, 0.4) is 0 Å². The van der Waals surface area contributed by atoms with Crippen LogP contribution < -0.4 is 5.32 Å². The van der Waals surface area contributed by atoms with Crippen molar-refractivity contribution in [1.82, 2.24) is 5.32 Å². The molecule has 0 saturated heterocycles. The van der Waals surface area contributed by atoms with Crippen LogP contribution in [0.15, 0.2) is 0 Å². The third-order valence-corrected chi connectivity index (χ3v) is 2.29. The van der Waals surface area contributed by atoms with Gasteiger partial charge in [-0.25, -0.2) is 4.79 Å². The second-order valence-electron chi connectivity index (χ2n) is 4.09. The fourth-order valence-corrected chi connectivity index (χ4v) is 1.20. The van der Waals surface area contributed by atoms with E-state index in [-0.39, 0.29) is 0 Å². The first kappa shape index (κ1) is 17.7. The molecule has 0 spiro atoms. The number of rotatable bonds is 8. The van der Waals surface area contributed by atoms with E-state index in [1.165, 1.54) is 6.92 Å². The fourth-order valence-electron chi connectivity index (χ4n) is 1.20. The third kappa shape index (κ3) is 8.41. The van der Waals surface area contributed by atoms with E-state index in [0.29, 0.717) is 13.0 Å². The number of hydrogen-bond donors (Lipinski definition) is 2. The highest BCUT2D eigenvalue weighted by Crippen LogP contribution is 2.21. The van der Waals surface area contributed by atoms with E-state index >= 15 is 0 Å². The van der Waals surface area contributed by atoms with Crippen LogP contribution >= 0.6 is 0 Å². The Balaban J connectivity index is 4.35. The predicted molar refractivity (Wildman–Crippen MR) is 60.6 cm³/mol. The SMILES string of the molecule is CCCCOC(C)C(=O)NC(CC(F)(F)F)C(=O)O. The summed E-state index contributed by atoms with van der Waals surface area (Å²) in [6.45, 7) is 3.57. The summed E-state index contributed by atoms with van der Waals surface area (Å²) >= 11 is 0. The molecule has 0 heterocycles. The first-order valence-corrected chi connectivity index (χ1v) is 5.89. The van der Waals surface area contributed by atoms with Gasteiger partial charge in [0.2, 0.25) is 5.91 Å². The van der Waals surface area contributed by atoms with Gasteiger partial charge in [0.25, 0.3) is 0 Å². The number of hydrogen-bond acceptors (Lipinski definition) is 3. The zero-order chi connectivity index (χ0) is 15.1. The van der Waals surface area contributed by atoms with Gasteiger partial charge in [-0.15, -0.1) is 0 Å². The topological polar surface area (TPSA) is 75.6 Å². The van der Waals surface area contributed by atoms with Crippen LogP contribution in [0.5, 0.6) is 0 Å². The minimum absolute atomic E-state index is 0.294. The van der Waals surface area contributed by atoms with Crippen molar-refractivity contribution in [1.29, 1.82) is 0 Å². The van der Waals surface area contributed by atoms with Gasteiger partial charge in [-0.3, -0.25) is 4.79 Å². The van der Waals surface area contributed by atoms with Gasteiger partial charge in [0.1, 0.15) is 12.1 Å². The lowest BCUT2D eigenvalue weighted by Gasteiger charge is -2.19. The number of aliphatic carboxylic acids is 1. The largest absolute Gasteiger partial charge is 0.480 e. The zero-order valence-electron chi connectivity index (χ0n) is 10.8. The van der Waals surface area contributed by atoms with Crippen molar-refractivity contribution >= 4 is 11.9 Å². The van der Waals surface area contributed by atoms with E-state index in [2.05, 4.69) is 0 Å². The molecule has 0 radical (unpaired) electrons. The Kier molecular flexibility index (Phi) is 7.43. The van der Waals surface area contributed by atoms with E-state index < -0.39 is 36.6 Å². The lowest BCUT2D eigenvalue weighted by molar-refractivity contribution is -0.161. The highest BCUT2D eigenvalue weighted by atomic mass is 19.4. The zero-order valence-corrected chi connectivity index (χ0v) is 10.8. The van der Waals surface area contributed by atoms with Crippen LogP contribution in [-0.4, -0.2) is 41.9 Å². The van der Waals surface area contributed by atoms with Crippen LogP contribution in [0.1, 0.15) is 33.1 Å². The molecule has 0 saturated carbocycles. The molecule has 0 aromatic heterocycles. The number of unbranched alkanes of at least 4 members (excludes halogenated alkanes) is 1. The Labute approximate surface area is 109 Å². The molecule has 0 aromatic rings. The summed E-state index contributed by atoms with van der Waals surface area (Å²) in [5.74, 6) is -2.60. The predicted octanol–water partition coefficient (Wildman–Crippen LogP) is 1.71. The van der Waals surface area contributed by atoms with Gasteiger partial charge in [0.15, 0.2) is 0 Å². The van der Waals surface area contributed by atoms with Crippen molar-refractivity contribution in [2.75, 3.05) is 6.61 Å². The lowest BCUT2D eigenvalue weighted by atomic mass is 10.2. The number of carbonyl (C=O) groups is 2. The van der Waals surface area contributed by atoms with E-state index in [9.17, 15) is 22.8 Å². The molecule has 2 unspecified atom stereocenters. The number of halogens is 3. The first-order chi connectivity index (χ1) is 8.67. The fraction of sp³-hybridized carbons (Fsp3) is 0.818. The molecule has 2 atom stereocenters. The third-order valence-electron chi connectivity index (χ3n) is 2.29. The van der Waals surface area contributed by atoms with Gasteiger partial charge in [-0.1, -0.05) is 13.3 Å². The molecule has 0 fully saturated rings. The Morgan fingerprint density at radius 3 is 2.37 bits per heavy atom. The maximum Gasteiger partial charge on any atom is 0.391 e. The number of alkyl halides is 3. The van der Waals surface area contributed by atoms with Crippen molar-refractivity contribution < 1.29 is 32.6 Å². The van der Waals surface area contributed by atoms with Gasteiger partial charge < -0.3 is 15.2 Å². The number of carbonyl (C=O) groups excluding carboxylic acids is 1. The molecule has 0 bridgehead atoms. The van der Waals surface area contributed by atoms with Crippen LogP contribution in [-0.2, 0) is 14.3 Å². The van der Waals surface area contributed by atoms with Crippen molar-refractivity contribution in [2.24, 2.45) is 0 Å². The molecule has 0 aliphatic carbocycles. The van der Waals surface area contributed by atoms with Gasteiger partial charge in [-0.05, 0) is 13.3 Å². The molecule has 5 nitrogen and oxygen atoms in total. The normalized spacial score (nSPS) is 14.8. The maximum absolute atomic E-state index is 12.1. The Morgan fingerprint density at radius 2 is 1.95 bits per heavy atom. The minimum atomic E-state index is -4.66. The van der Waals surface area contributed by atoms with Gasteiger partial charge >= 0.3 is 12.1 Å². The number of amides is 1. The Bertz CT molecular complexity index is 307. The molecule has 8 heteroatoms. The smallest absolute Gasteiger partial charge is 0.391 e. The molecule has 0 rings (SSSR count). The van der Waals surface area contributed by atoms with Crippen molar-refractivity contribution in [3.63, 3.8) is 0 Å². The molecule has 112 valence electrons. The second-order valence-corrected chi connectivity index (χ2v) is 4.09. The standard InChI is InChI=1S/C11H18F3NO4/c1-3-4-5-19-7(2)9(16)15-8(10(17)18)6-11(12,13)14/h7-8H,3-6H2,1-2H3,(H,15,16)(H,17,18). The summed E-state index contributed by atoms with van der Waals surface area (Å²) in [5, 5.41) is 10.4. The molecular formula is C11H18F3NO4. The van der Waals surface area contributed by atoms with Crippen molar-refractivity contribution in [3.8, 4) is 0 Å². The summed E-state index contributed by atoms with van der Waals surface area (Å²) in [7, 11) is 0. The van der Waals surface area contributed by atoms with Crippen LogP contribution in [0.4, 0.5) is 13.2 Å². The first-order valence-electron chi connectivity index (χ1n) is 5.89. The van der Waals surface area contributed by atoms with Crippen molar-refractivity contribution in [3.05, 3.63) is 0 Å².